The highest BCUT2D eigenvalue weighted by atomic mass is 32.2. The number of nitrogens with zero attached hydrogens (tertiary/aromatic N) is 3. The first-order valence-corrected chi connectivity index (χ1v) is 7.06. The number of fused-ring (bicyclic) bond motifs is 1. The van der Waals surface area contributed by atoms with Gasteiger partial charge in [0.15, 0.2) is 10.4 Å². The molecule has 0 aromatic carbocycles. The number of aromatic nitrogens is 4. The van der Waals surface area contributed by atoms with Crippen molar-refractivity contribution in [2.75, 3.05) is 12.0 Å². The minimum Gasteiger partial charge on any atom is -0.328 e. The first kappa shape index (κ1) is 11.7. The first-order valence-electron chi connectivity index (χ1n) is 5.26. The van der Waals surface area contributed by atoms with Crippen molar-refractivity contribution in [3.63, 3.8) is 0 Å². The Morgan fingerprint density at radius 3 is 2.94 bits per heavy atom. The highest BCUT2D eigenvalue weighted by molar-refractivity contribution is 7.98. The number of rotatable bonds is 4. The predicted octanol–water partition coefficient (Wildman–Crippen LogP) is 2.49. The Morgan fingerprint density at radius 1 is 1.50 bits per heavy atom. The smallest absolute Gasteiger partial charge is 0.179 e. The van der Waals surface area contributed by atoms with Crippen molar-refractivity contribution < 1.29 is 0 Å². The van der Waals surface area contributed by atoms with Crippen molar-refractivity contribution >= 4 is 35.1 Å². The molecular formula is C10H16N4S2. The van der Waals surface area contributed by atoms with E-state index in [1.807, 2.05) is 30.4 Å². The number of H-pyrrole nitrogens is 1. The summed E-state index contributed by atoms with van der Waals surface area (Å²) in [4.78, 5) is 3.23. The van der Waals surface area contributed by atoms with Crippen LogP contribution >= 0.6 is 24.0 Å². The molecule has 0 bridgehead atoms. The molecule has 0 atom stereocenters. The second-order valence-electron chi connectivity index (χ2n) is 3.84. The Bertz CT molecular complexity index is 549. The SMILES string of the molecule is CSCCCn1c(=S)[nH]c2c(C)nn(C)c21. The lowest BCUT2D eigenvalue weighted by atomic mass is 10.4. The van der Waals surface area contributed by atoms with Gasteiger partial charge in [0, 0.05) is 13.6 Å². The van der Waals surface area contributed by atoms with Crippen LogP contribution in [0.2, 0.25) is 0 Å². The maximum absolute atomic E-state index is 5.33. The van der Waals surface area contributed by atoms with Crippen LogP contribution in [0.5, 0.6) is 0 Å². The minimum atomic E-state index is 0.798. The van der Waals surface area contributed by atoms with E-state index < -0.39 is 0 Å². The minimum absolute atomic E-state index is 0.798. The van der Waals surface area contributed by atoms with Crippen molar-refractivity contribution in [2.45, 2.75) is 19.9 Å². The van der Waals surface area contributed by atoms with Crippen LogP contribution in [0.3, 0.4) is 0 Å². The molecule has 6 heteroatoms. The van der Waals surface area contributed by atoms with E-state index in [0.29, 0.717) is 0 Å². The van der Waals surface area contributed by atoms with Gasteiger partial charge in [-0.2, -0.15) is 16.9 Å². The molecule has 4 nitrogen and oxygen atoms in total. The van der Waals surface area contributed by atoms with E-state index in [1.165, 1.54) is 0 Å². The third-order valence-corrected chi connectivity index (χ3v) is 3.67. The molecule has 88 valence electrons. The number of hydrogen-bond donors (Lipinski definition) is 1. The Balaban J connectivity index is 2.43. The fourth-order valence-electron chi connectivity index (χ4n) is 1.95. The van der Waals surface area contributed by atoms with Crippen LogP contribution in [0, 0.1) is 11.7 Å². The zero-order valence-electron chi connectivity index (χ0n) is 9.78. The Hall–Kier alpha value is -0.750. The molecule has 0 amide bonds. The van der Waals surface area contributed by atoms with Gasteiger partial charge >= 0.3 is 0 Å². The van der Waals surface area contributed by atoms with Crippen LogP contribution < -0.4 is 0 Å². The van der Waals surface area contributed by atoms with Crippen LogP contribution in [0.25, 0.3) is 11.2 Å². The average Bonchev–Trinajstić information content (AvgIpc) is 2.69. The molecule has 2 heterocycles. The maximum atomic E-state index is 5.33. The summed E-state index contributed by atoms with van der Waals surface area (Å²) in [5.74, 6) is 1.16. The van der Waals surface area contributed by atoms with Crippen LogP contribution in [0.4, 0.5) is 0 Å². The van der Waals surface area contributed by atoms with E-state index in [0.717, 1.165) is 40.3 Å². The molecule has 0 unspecified atom stereocenters. The number of aromatic amines is 1. The van der Waals surface area contributed by atoms with E-state index in [4.69, 9.17) is 12.2 Å². The summed E-state index contributed by atoms with van der Waals surface area (Å²) in [6, 6.07) is 0. The van der Waals surface area contributed by atoms with Gasteiger partial charge in [0.05, 0.1) is 5.69 Å². The summed E-state index contributed by atoms with van der Waals surface area (Å²) in [5, 5.41) is 4.39. The second kappa shape index (κ2) is 4.63. The van der Waals surface area contributed by atoms with Crippen LogP contribution in [0.15, 0.2) is 0 Å². The second-order valence-corrected chi connectivity index (χ2v) is 5.21. The molecule has 2 rings (SSSR count). The highest BCUT2D eigenvalue weighted by Gasteiger charge is 2.11. The van der Waals surface area contributed by atoms with E-state index in [-0.39, 0.29) is 0 Å². The summed E-state index contributed by atoms with van der Waals surface area (Å²) >= 11 is 7.20. The summed E-state index contributed by atoms with van der Waals surface area (Å²) in [7, 11) is 1.96. The van der Waals surface area contributed by atoms with E-state index in [1.54, 1.807) is 0 Å². The lowest BCUT2D eigenvalue weighted by Gasteiger charge is -2.03. The standard InChI is InChI=1S/C10H16N4S2/c1-7-8-9(13(2)12-7)14(10(15)11-8)5-4-6-16-3/h4-6H2,1-3H3,(H,11,15). The third-order valence-electron chi connectivity index (χ3n) is 2.65. The van der Waals surface area contributed by atoms with Gasteiger partial charge in [-0.15, -0.1) is 0 Å². The summed E-state index contributed by atoms with van der Waals surface area (Å²) < 4.78 is 4.84. The Morgan fingerprint density at radius 2 is 2.25 bits per heavy atom. The summed E-state index contributed by atoms with van der Waals surface area (Å²) in [5.41, 5.74) is 3.17. The molecule has 0 saturated carbocycles. The monoisotopic (exact) mass is 256 g/mol. The number of thioether (sulfide) groups is 1. The summed E-state index contributed by atoms with van der Waals surface area (Å²) in [6.07, 6.45) is 3.26. The molecule has 2 aromatic heterocycles. The molecular weight excluding hydrogens is 240 g/mol. The zero-order chi connectivity index (χ0) is 11.7. The van der Waals surface area contributed by atoms with Crippen molar-refractivity contribution in [2.24, 2.45) is 7.05 Å². The van der Waals surface area contributed by atoms with Gasteiger partial charge in [0.2, 0.25) is 0 Å². The predicted molar refractivity (Wildman–Crippen MR) is 71.6 cm³/mol. The molecule has 0 fully saturated rings. The lowest BCUT2D eigenvalue weighted by molar-refractivity contribution is 0.656. The van der Waals surface area contributed by atoms with Crippen LogP contribution in [0.1, 0.15) is 12.1 Å². The molecule has 0 aliphatic heterocycles. The van der Waals surface area contributed by atoms with Gasteiger partial charge in [0.1, 0.15) is 5.52 Å². The van der Waals surface area contributed by atoms with E-state index >= 15 is 0 Å². The number of imidazole rings is 1. The Labute approximate surface area is 104 Å². The topological polar surface area (TPSA) is 38.5 Å². The van der Waals surface area contributed by atoms with Gasteiger partial charge < -0.3 is 9.55 Å². The van der Waals surface area contributed by atoms with Crippen LogP contribution in [-0.2, 0) is 13.6 Å². The number of aryl methyl sites for hydroxylation is 3. The van der Waals surface area contributed by atoms with E-state index in [2.05, 4.69) is 20.9 Å². The number of nitrogens with one attached hydrogen (secondary N) is 1. The number of hydrogen-bond acceptors (Lipinski definition) is 3. The zero-order valence-corrected chi connectivity index (χ0v) is 11.4. The van der Waals surface area contributed by atoms with Crippen molar-refractivity contribution in [1.29, 1.82) is 0 Å². The largest absolute Gasteiger partial charge is 0.328 e. The lowest BCUT2D eigenvalue weighted by Crippen LogP contribution is -2.03. The molecule has 0 radical (unpaired) electrons. The average molecular weight is 256 g/mol. The molecule has 0 aliphatic carbocycles. The highest BCUT2D eigenvalue weighted by Crippen LogP contribution is 2.17. The van der Waals surface area contributed by atoms with Crippen molar-refractivity contribution in [3.05, 3.63) is 10.5 Å². The van der Waals surface area contributed by atoms with E-state index in [9.17, 15) is 0 Å². The molecule has 0 saturated heterocycles. The first-order chi connectivity index (χ1) is 7.65. The van der Waals surface area contributed by atoms with Crippen molar-refractivity contribution in [3.8, 4) is 0 Å². The molecule has 0 aliphatic rings. The quantitative estimate of drug-likeness (QED) is 0.675. The maximum Gasteiger partial charge on any atom is 0.179 e. The van der Waals surface area contributed by atoms with Gasteiger partial charge in [-0.05, 0) is 37.6 Å². The molecule has 2 aromatic rings. The Kier molecular flexibility index (Phi) is 3.39. The van der Waals surface area contributed by atoms with Crippen LogP contribution in [-0.4, -0.2) is 31.3 Å². The molecule has 16 heavy (non-hydrogen) atoms. The molecule has 0 spiro atoms. The summed E-state index contributed by atoms with van der Waals surface area (Å²) in [6.45, 7) is 2.96. The molecule has 1 N–H and O–H groups in total. The van der Waals surface area contributed by atoms with Crippen molar-refractivity contribution in [1.82, 2.24) is 19.3 Å². The van der Waals surface area contributed by atoms with Gasteiger partial charge in [-0.3, -0.25) is 4.68 Å². The van der Waals surface area contributed by atoms with Gasteiger partial charge in [0.25, 0.3) is 0 Å². The van der Waals surface area contributed by atoms with Gasteiger partial charge in [-0.1, -0.05) is 0 Å². The fourth-order valence-corrected chi connectivity index (χ4v) is 2.64. The van der Waals surface area contributed by atoms with Gasteiger partial charge in [-0.25, -0.2) is 0 Å². The normalized spacial score (nSPS) is 11.4. The third kappa shape index (κ3) is 1.91. The fraction of sp³-hybridized carbons (Fsp3) is 0.600.